The van der Waals surface area contributed by atoms with E-state index in [2.05, 4.69) is 0 Å². The van der Waals surface area contributed by atoms with Gasteiger partial charge >= 0.3 is 0 Å². The smallest absolute Gasteiger partial charge is 0.293 e. The summed E-state index contributed by atoms with van der Waals surface area (Å²) in [6.45, 7) is 4.74. The van der Waals surface area contributed by atoms with Crippen molar-refractivity contribution in [3.63, 3.8) is 0 Å². The standard InChI is InChI=1S/C15H19ClO3/c1-15(2,10-19-11-17)13-7-5-12(6-8-13)14(18)4-3-9-16/h5-8,11H,3-4,9-10H2,1-2H3. The lowest BCUT2D eigenvalue weighted by atomic mass is 9.85. The van der Waals surface area contributed by atoms with Crippen LogP contribution in [0.15, 0.2) is 24.3 Å². The normalized spacial score (nSPS) is 11.1. The average molecular weight is 283 g/mol. The van der Waals surface area contributed by atoms with Crippen LogP contribution >= 0.6 is 11.6 Å². The Hall–Kier alpha value is -1.35. The van der Waals surface area contributed by atoms with E-state index in [1.807, 2.05) is 38.1 Å². The molecule has 0 amide bonds. The average Bonchev–Trinajstić information content (AvgIpc) is 2.42. The quantitative estimate of drug-likeness (QED) is 0.417. The summed E-state index contributed by atoms with van der Waals surface area (Å²) in [7, 11) is 0. The highest BCUT2D eigenvalue weighted by Gasteiger charge is 2.21. The molecule has 0 fully saturated rings. The highest BCUT2D eigenvalue weighted by molar-refractivity contribution is 6.18. The molecule has 0 saturated carbocycles. The Morgan fingerprint density at radius 1 is 1.32 bits per heavy atom. The Kier molecular flexibility index (Phi) is 6.03. The molecule has 3 nitrogen and oxygen atoms in total. The van der Waals surface area contributed by atoms with Crippen molar-refractivity contribution >= 4 is 23.9 Å². The number of alkyl halides is 1. The lowest BCUT2D eigenvalue weighted by molar-refractivity contribution is -0.130. The van der Waals surface area contributed by atoms with Gasteiger partial charge in [-0.3, -0.25) is 9.59 Å². The van der Waals surface area contributed by atoms with E-state index in [1.54, 1.807) is 0 Å². The third-order valence-electron chi connectivity index (χ3n) is 3.04. The van der Waals surface area contributed by atoms with Crippen molar-refractivity contribution in [3.8, 4) is 0 Å². The monoisotopic (exact) mass is 282 g/mol. The summed E-state index contributed by atoms with van der Waals surface area (Å²) in [5.74, 6) is 0.606. The van der Waals surface area contributed by atoms with Crippen LogP contribution in [-0.2, 0) is 14.9 Å². The van der Waals surface area contributed by atoms with Crippen molar-refractivity contribution in [2.45, 2.75) is 32.1 Å². The molecule has 0 unspecified atom stereocenters. The van der Waals surface area contributed by atoms with Gasteiger partial charge in [0, 0.05) is 23.3 Å². The lowest BCUT2D eigenvalue weighted by Gasteiger charge is -2.23. The first-order valence-corrected chi connectivity index (χ1v) is 6.79. The van der Waals surface area contributed by atoms with Gasteiger partial charge in [0.05, 0.1) is 0 Å². The van der Waals surface area contributed by atoms with Crippen LogP contribution in [0.3, 0.4) is 0 Å². The van der Waals surface area contributed by atoms with E-state index < -0.39 is 0 Å². The Bertz CT molecular complexity index is 424. The van der Waals surface area contributed by atoms with Crippen LogP contribution < -0.4 is 0 Å². The number of Topliss-reactive ketones (excluding diaryl/α,β-unsaturated/α-hetero) is 1. The molecule has 0 radical (unpaired) electrons. The van der Waals surface area contributed by atoms with E-state index >= 15 is 0 Å². The molecule has 19 heavy (non-hydrogen) atoms. The zero-order valence-corrected chi connectivity index (χ0v) is 12.1. The molecule has 0 saturated heterocycles. The molecular weight excluding hydrogens is 264 g/mol. The Morgan fingerprint density at radius 2 is 1.95 bits per heavy atom. The molecule has 1 aromatic carbocycles. The van der Waals surface area contributed by atoms with E-state index in [9.17, 15) is 9.59 Å². The summed E-state index contributed by atoms with van der Waals surface area (Å²) in [6, 6.07) is 7.44. The van der Waals surface area contributed by atoms with E-state index in [0.717, 1.165) is 5.56 Å². The van der Waals surface area contributed by atoms with Gasteiger partial charge in [-0.25, -0.2) is 0 Å². The van der Waals surface area contributed by atoms with E-state index in [1.165, 1.54) is 0 Å². The largest absolute Gasteiger partial charge is 0.467 e. The van der Waals surface area contributed by atoms with E-state index in [4.69, 9.17) is 16.3 Å². The molecule has 0 N–H and O–H groups in total. The summed E-state index contributed by atoms with van der Waals surface area (Å²) in [6.07, 6.45) is 1.17. The molecular formula is C15H19ClO3. The van der Waals surface area contributed by atoms with E-state index in [0.29, 0.717) is 37.4 Å². The van der Waals surface area contributed by atoms with Gasteiger partial charge in [0.15, 0.2) is 5.78 Å². The van der Waals surface area contributed by atoms with E-state index in [-0.39, 0.29) is 11.2 Å². The predicted octanol–water partition coefficient (Wildman–Crippen LogP) is 3.34. The zero-order chi connectivity index (χ0) is 14.3. The van der Waals surface area contributed by atoms with Crippen molar-refractivity contribution in [2.24, 2.45) is 0 Å². The van der Waals surface area contributed by atoms with Crippen LogP contribution in [0, 0.1) is 0 Å². The number of hydrogen-bond donors (Lipinski definition) is 0. The van der Waals surface area contributed by atoms with Gasteiger partial charge in [-0.05, 0) is 12.0 Å². The number of ketones is 1. The number of carbonyl (C=O) groups is 2. The fraction of sp³-hybridized carbons (Fsp3) is 0.467. The summed E-state index contributed by atoms with van der Waals surface area (Å²) < 4.78 is 4.82. The molecule has 0 aliphatic heterocycles. The first-order chi connectivity index (χ1) is 9.01. The predicted molar refractivity (Wildman–Crippen MR) is 75.8 cm³/mol. The maximum atomic E-state index is 11.8. The molecule has 1 aromatic rings. The summed E-state index contributed by atoms with van der Waals surface area (Å²) in [5, 5.41) is 0. The number of hydrogen-bond acceptors (Lipinski definition) is 3. The van der Waals surface area contributed by atoms with Gasteiger partial charge in [-0.2, -0.15) is 0 Å². The minimum Gasteiger partial charge on any atom is -0.467 e. The first-order valence-electron chi connectivity index (χ1n) is 6.26. The molecule has 0 aliphatic rings. The SMILES string of the molecule is CC(C)(COC=O)c1ccc(C(=O)CCCCl)cc1. The summed E-state index contributed by atoms with van der Waals surface area (Å²) in [4.78, 5) is 22.1. The summed E-state index contributed by atoms with van der Waals surface area (Å²) >= 11 is 5.57. The second-order valence-electron chi connectivity index (χ2n) is 5.08. The minimum atomic E-state index is -0.265. The molecule has 4 heteroatoms. The number of benzene rings is 1. The lowest BCUT2D eigenvalue weighted by Crippen LogP contribution is -2.24. The zero-order valence-electron chi connectivity index (χ0n) is 11.3. The van der Waals surface area contributed by atoms with Crippen LogP contribution in [0.5, 0.6) is 0 Å². The third-order valence-corrected chi connectivity index (χ3v) is 3.31. The number of carbonyl (C=O) groups excluding carboxylic acids is 2. The van der Waals surface area contributed by atoms with Crippen LogP contribution in [0.2, 0.25) is 0 Å². The van der Waals surface area contributed by atoms with Crippen molar-refractivity contribution in [1.29, 1.82) is 0 Å². The molecule has 0 spiro atoms. The molecule has 1 rings (SSSR count). The van der Waals surface area contributed by atoms with Gasteiger partial charge in [0.1, 0.15) is 6.61 Å². The first kappa shape index (κ1) is 15.7. The molecule has 0 bridgehead atoms. The highest BCUT2D eigenvalue weighted by atomic mass is 35.5. The molecule has 0 heterocycles. The topological polar surface area (TPSA) is 43.4 Å². The molecule has 0 atom stereocenters. The number of ether oxygens (including phenoxy) is 1. The Labute approximate surface area is 118 Å². The maximum Gasteiger partial charge on any atom is 0.293 e. The molecule has 104 valence electrons. The van der Waals surface area contributed by atoms with Gasteiger partial charge in [-0.1, -0.05) is 38.1 Å². The van der Waals surface area contributed by atoms with Crippen LogP contribution in [0.25, 0.3) is 0 Å². The van der Waals surface area contributed by atoms with Crippen molar-refractivity contribution < 1.29 is 14.3 Å². The highest BCUT2D eigenvalue weighted by Crippen LogP contribution is 2.24. The van der Waals surface area contributed by atoms with Crippen molar-refractivity contribution in [3.05, 3.63) is 35.4 Å². The van der Waals surface area contributed by atoms with Crippen LogP contribution in [-0.4, -0.2) is 24.7 Å². The third kappa shape index (κ3) is 4.67. The second kappa shape index (κ2) is 7.29. The van der Waals surface area contributed by atoms with Crippen molar-refractivity contribution in [2.75, 3.05) is 12.5 Å². The second-order valence-corrected chi connectivity index (χ2v) is 5.46. The molecule has 0 aromatic heterocycles. The van der Waals surface area contributed by atoms with Crippen LogP contribution in [0.1, 0.15) is 42.6 Å². The van der Waals surface area contributed by atoms with Crippen LogP contribution in [0.4, 0.5) is 0 Å². The fourth-order valence-corrected chi connectivity index (χ4v) is 1.94. The Balaban J connectivity index is 2.75. The number of rotatable bonds is 8. The fourth-order valence-electron chi connectivity index (χ4n) is 1.80. The van der Waals surface area contributed by atoms with Gasteiger partial charge in [0.25, 0.3) is 6.47 Å². The Morgan fingerprint density at radius 3 is 2.47 bits per heavy atom. The van der Waals surface area contributed by atoms with Gasteiger partial charge in [0.2, 0.25) is 0 Å². The van der Waals surface area contributed by atoms with Gasteiger partial charge < -0.3 is 4.74 Å². The number of halogens is 1. The maximum absolute atomic E-state index is 11.8. The van der Waals surface area contributed by atoms with Crippen molar-refractivity contribution in [1.82, 2.24) is 0 Å². The summed E-state index contributed by atoms with van der Waals surface area (Å²) in [5.41, 5.74) is 1.46. The van der Waals surface area contributed by atoms with Gasteiger partial charge in [-0.15, -0.1) is 11.6 Å². The molecule has 0 aliphatic carbocycles. The minimum absolute atomic E-state index is 0.106.